The highest BCUT2D eigenvalue weighted by atomic mass is 16.3. The molecule has 0 aromatic carbocycles. The standard InChI is InChI=1S/C15H24N2O2/c18-12-4-5-16-8-10-6-11(14(16)7-12)9-17-13(10)2-1-3-15(17)19/h10-14,18H,1-9H2/t10?,11?,12-,13+,14-/m0/s1. The predicted octanol–water partition coefficient (Wildman–Crippen LogP) is 0.843. The molecule has 0 aliphatic carbocycles. The molecule has 0 aromatic heterocycles. The van der Waals surface area contributed by atoms with E-state index in [4.69, 9.17) is 0 Å². The Kier molecular flexibility index (Phi) is 2.85. The first-order valence-corrected chi connectivity index (χ1v) is 7.94. The lowest BCUT2D eigenvalue weighted by molar-refractivity contribution is -0.150. The van der Waals surface area contributed by atoms with Crippen molar-refractivity contribution in [2.75, 3.05) is 19.6 Å². The summed E-state index contributed by atoms with van der Waals surface area (Å²) < 4.78 is 0. The van der Waals surface area contributed by atoms with E-state index in [1.54, 1.807) is 0 Å². The van der Waals surface area contributed by atoms with E-state index in [-0.39, 0.29) is 6.10 Å². The van der Waals surface area contributed by atoms with E-state index in [2.05, 4.69) is 9.80 Å². The molecule has 4 rings (SSSR count). The smallest absolute Gasteiger partial charge is 0.222 e. The van der Waals surface area contributed by atoms with Crippen LogP contribution in [-0.2, 0) is 4.79 Å². The number of aliphatic hydroxyl groups is 1. The molecule has 4 aliphatic rings. The Morgan fingerprint density at radius 2 is 1.89 bits per heavy atom. The van der Waals surface area contributed by atoms with Crippen molar-refractivity contribution in [3.63, 3.8) is 0 Å². The van der Waals surface area contributed by atoms with Gasteiger partial charge in [0.2, 0.25) is 5.91 Å². The summed E-state index contributed by atoms with van der Waals surface area (Å²) in [5.74, 6) is 1.68. The summed E-state index contributed by atoms with van der Waals surface area (Å²) in [6.07, 6.45) is 6.07. The van der Waals surface area contributed by atoms with E-state index < -0.39 is 0 Å². The summed E-state index contributed by atoms with van der Waals surface area (Å²) in [7, 11) is 0. The van der Waals surface area contributed by atoms with E-state index in [9.17, 15) is 9.90 Å². The highest BCUT2D eigenvalue weighted by Gasteiger charge is 2.48. The maximum atomic E-state index is 12.1. The predicted molar refractivity (Wildman–Crippen MR) is 71.6 cm³/mol. The van der Waals surface area contributed by atoms with E-state index in [1.165, 1.54) is 12.8 Å². The van der Waals surface area contributed by atoms with Crippen molar-refractivity contribution in [1.29, 1.82) is 0 Å². The Labute approximate surface area is 114 Å². The third kappa shape index (κ3) is 1.91. The zero-order chi connectivity index (χ0) is 13.0. The van der Waals surface area contributed by atoms with Crippen molar-refractivity contribution in [2.45, 2.75) is 56.7 Å². The van der Waals surface area contributed by atoms with Crippen molar-refractivity contribution in [3.05, 3.63) is 0 Å². The summed E-state index contributed by atoms with van der Waals surface area (Å²) in [5, 5.41) is 9.92. The van der Waals surface area contributed by atoms with Crippen molar-refractivity contribution in [1.82, 2.24) is 9.80 Å². The van der Waals surface area contributed by atoms with Crippen molar-refractivity contribution in [3.8, 4) is 0 Å². The van der Waals surface area contributed by atoms with Crippen LogP contribution in [0.15, 0.2) is 0 Å². The van der Waals surface area contributed by atoms with Crippen LogP contribution in [0.4, 0.5) is 0 Å². The van der Waals surface area contributed by atoms with Gasteiger partial charge in [-0.15, -0.1) is 0 Å². The van der Waals surface area contributed by atoms with Gasteiger partial charge in [-0.25, -0.2) is 0 Å². The lowest BCUT2D eigenvalue weighted by Gasteiger charge is -2.57. The normalized spacial score (nSPS) is 46.7. The van der Waals surface area contributed by atoms with Crippen LogP contribution < -0.4 is 0 Å². The summed E-state index contributed by atoms with van der Waals surface area (Å²) in [6, 6.07) is 1.04. The molecule has 5 atom stereocenters. The fourth-order valence-electron chi connectivity index (χ4n) is 5.07. The Morgan fingerprint density at radius 1 is 1.05 bits per heavy atom. The van der Waals surface area contributed by atoms with Gasteiger partial charge in [0.15, 0.2) is 0 Å². The minimum absolute atomic E-state index is 0.118. The molecule has 0 aromatic rings. The second kappa shape index (κ2) is 4.45. The third-order valence-electron chi connectivity index (χ3n) is 5.94. The monoisotopic (exact) mass is 264 g/mol. The molecule has 106 valence electrons. The van der Waals surface area contributed by atoms with Crippen LogP contribution in [0.2, 0.25) is 0 Å². The molecule has 1 N–H and O–H groups in total. The largest absolute Gasteiger partial charge is 0.393 e. The van der Waals surface area contributed by atoms with Gasteiger partial charge in [0.05, 0.1) is 6.10 Å². The molecule has 2 unspecified atom stereocenters. The molecule has 2 bridgehead atoms. The molecule has 0 spiro atoms. The van der Waals surface area contributed by atoms with Gasteiger partial charge in [0, 0.05) is 38.1 Å². The average Bonchev–Trinajstić information content (AvgIpc) is 2.41. The quantitative estimate of drug-likeness (QED) is 0.705. The van der Waals surface area contributed by atoms with Crippen LogP contribution in [0, 0.1) is 11.8 Å². The van der Waals surface area contributed by atoms with E-state index in [0.29, 0.717) is 29.8 Å². The molecule has 4 heterocycles. The third-order valence-corrected chi connectivity index (χ3v) is 5.94. The molecule has 19 heavy (non-hydrogen) atoms. The molecule has 1 amide bonds. The van der Waals surface area contributed by atoms with E-state index >= 15 is 0 Å². The Morgan fingerprint density at radius 3 is 2.79 bits per heavy atom. The average molecular weight is 264 g/mol. The van der Waals surface area contributed by atoms with Crippen LogP contribution in [-0.4, -0.2) is 58.6 Å². The number of aliphatic hydroxyl groups excluding tert-OH is 1. The Balaban J connectivity index is 1.58. The first kappa shape index (κ1) is 12.2. The topological polar surface area (TPSA) is 43.8 Å². The molecule has 4 aliphatic heterocycles. The lowest BCUT2D eigenvalue weighted by atomic mass is 9.70. The summed E-state index contributed by atoms with van der Waals surface area (Å²) in [4.78, 5) is 17.0. The number of hydrogen-bond donors (Lipinski definition) is 1. The molecular weight excluding hydrogens is 240 g/mol. The zero-order valence-electron chi connectivity index (χ0n) is 11.5. The summed E-state index contributed by atoms with van der Waals surface area (Å²) >= 11 is 0. The number of hydrogen-bond acceptors (Lipinski definition) is 3. The number of nitrogens with zero attached hydrogens (tertiary/aromatic N) is 2. The fourth-order valence-corrected chi connectivity index (χ4v) is 5.07. The molecule has 4 fully saturated rings. The highest BCUT2D eigenvalue weighted by Crippen LogP contribution is 2.42. The first-order valence-electron chi connectivity index (χ1n) is 7.94. The molecule has 4 nitrogen and oxygen atoms in total. The fraction of sp³-hybridized carbons (Fsp3) is 0.933. The maximum absolute atomic E-state index is 12.1. The van der Waals surface area contributed by atoms with Gasteiger partial charge in [-0.1, -0.05) is 0 Å². The Hall–Kier alpha value is -0.610. The van der Waals surface area contributed by atoms with Crippen LogP contribution in [0.1, 0.15) is 38.5 Å². The first-order chi connectivity index (χ1) is 9.22. The van der Waals surface area contributed by atoms with E-state index in [0.717, 1.165) is 45.3 Å². The number of carbonyl (C=O) groups is 1. The number of rotatable bonds is 0. The summed E-state index contributed by atoms with van der Waals surface area (Å²) in [6.45, 7) is 3.16. The minimum Gasteiger partial charge on any atom is -0.393 e. The van der Waals surface area contributed by atoms with Gasteiger partial charge in [0.1, 0.15) is 0 Å². The van der Waals surface area contributed by atoms with Crippen molar-refractivity contribution >= 4 is 5.91 Å². The van der Waals surface area contributed by atoms with Gasteiger partial charge in [-0.3, -0.25) is 9.69 Å². The van der Waals surface area contributed by atoms with Crippen LogP contribution in [0.3, 0.4) is 0 Å². The van der Waals surface area contributed by atoms with E-state index in [1.807, 2.05) is 0 Å². The van der Waals surface area contributed by atoms with Crippen LogP contribution in [0.25, 0.3) is 0 Å². The number of fused-ring (bicyclic) bond motifs is 6. The lowest BCUT2D eigenvalue weighted by Crippen LogP contribution is -2.65. The van der Waals surface area contributed by atoms with Crippen LogP contribution in [0.5, 0.6) is 0 Å². The highest BCUT2D eigenvalue weighted by molar-refractivity contribution is 5.77. The number of carbonyl (C=O) groups excluding carboxylic acids is 1. The van der Waals surface area contributed by atoms with Gasteiger partial charge >= 0.3 is 0 Å². The van der Waals surface area contributed by atoms with Crippen LogP contribution >= 0.6 is 0 Å². The second-order valence-electron chi connectivity index (χ2n) is 7.00. The van der Waals surface area contributed by atoms with Gasteiger partial charge in [0.25, 0.3) is 0 Å². The molecule has 4 saturated heterocycles. The molecular formula is C15H24N2O2. The van der Waals surface area contributed by atoms with Crippen molar-refractivity contribution in [2.24, 2.45) is 11.8 Å². The Bertz CT molecular complexity index is 386. The zero-order valence-corrected chi connectivity index (χ0v) is 11.5. The molecule has 4 heteroatoms. The second-order valence-corrected chi connectivity index (χ2v) is 7.00. The molecule has 0 radical (unpaired) electrons. The summed E-state index contributed by atoms with van der Waals surface area (Å²) in [5.41, 5.74) is 0. The molecule has 0 saturated carbocycles. The minimum atomic E-state index is -0.118. The van der Waals surface area contributed by atoms with Gasteiger partial charge in [-0.2, -0.15) is 0 Å². The maximum Gasteiger partial charge on any atom is 0.222 e. The van der Waals surface area contributed by atoms with Gasteiger partial charge in [-0.05, 0) is 43.9 Å². The SMILES string of the molecule is O=C1CCC[C@@H]2C3CC(CN12)[C@@H]1C[C@@H](O)CCN1C3. The number of piperidine rings is 4. The van der Waals surface area contributed by atoms with Crippen molar-refractivity contribution < 1.29 is 9.90 Å². The van der Waals surface area contributed by atoms with Gasteiger partial charge < -0.3 is 10.0 Å². The number of amides is 1.